The van der Waals surface area contributed by atoms with E-state index in [-0.39, 0.29) is 23.2 Å². The number of carbonyl (C=O) groups is 1. The number of hydrogen-bond donors (Lipinski definition) is 3. The van der Waals surface area contributed by atoms with Crippen LogP contribution in [0.4, 0.5) is 33.5 Å². The van der Waals surface area contributed by atoms with E-state index in [1.807, 2.05) is 43.3 Å². The molecule has 0 saturated carbocycles. The minimum absolute atomic E-state index is 0.0926. The smallest absolute Gasteiger partial charge is 0.323 e. The topological polar surface area (TPSA) is 110 Å². The molecule has 0 spiro atoms. The lowest BCUT2D eigenvalue weighted by Gasteiger charge is -2.28. The summed E-state index contributed by atoms with van der Waals surface area (Å²) >= 11 is 12.4. The zero-order valence-corrected chi connectivity index (χ0v) is 23.9. The summed E-state index contributed by atoms with van der Waals surface area (Å²) in [6.07, 6.45) is 1.45. The van der Waals surface area contributed by atoms with Gasteiger partial charge in [0.15, 0.2) is 11.5 Å². The Morgan fingerprint density at radius 3 is 2.41 bits per heavy atom. The molecule has 0 atom stereocenters. The number of nitrogens with zero attached hydrogens (tertiary/aromatic N) is 3. The van der Waals surface area contributed by atoms with Gasteiger partial charge in [0.25, 0.3) is 0 Å². The van der Waals surface area contributed by atoms with Crippen LogP contribution in [0.25, 0.3) is 0 Å². The van der Waals surface area contributed by atoms with Crippen molar-refractivity contribution in [2.75, 3.05) is 54.3 Å². The average molecular weight is 595 g/mol. The van der Waals surface area contributed by atoms with Gasteiger partial charge >= 0.3 is 6.03 Å². The van der Waals surface area contributed by atoms with E-state index in [0.29, 0.717) is 34.8 Å². The molecule has 1 aliphatic heterocycles. The highest BCUT2D eigenvalue weighted by molar-refractivity contribution is 6.39. The Kier molecular flexibility index (Phi) is 8.93. The lowest BCUT2D eigenvalue weighted by molar-refractivity contribution is 0.122. The number of hydrogen-bond acceptors (Lipinski definition) is 8. The number of ether oxygens (including phenoxy) is 3. The van der Waals surface area contributed by atoms with E-state index in [1.54, 1.807) is 31.4 Å². The van der Waals surface area contributed by atoms with Crippen molar-refractivity contribution in [3.05, 3.63) is 82.5 Å². The van der Waals surface area contributed by atoms with E-state index in [4.69, 9.17) is 37.4 Å². The van der Waals surface area contributed by atoms with E-state index in [2.05, 4.69) is 30.8 Å². The van der Waals surface area contributed by atoms with Crippen molar-refractivity contribution >= 4 is 57.9 Å². The Hall–Kier alpha value is -4.25. The van der Waals surface area contributed by atoms with Gasteiger partial charge in [-0.05, 0) is 61.0 Å². The number of methoxy groups -OCH3 is 1. The van der Waals surface area contributed by atoms with E-state index in [9.17, 15) is 4.79 Å². The molecule has 0 bridgehead atoms. The largest absolute Gasteiger partial charge is 0.493 e. The van der Waals surface area contributed by atoms with Gasteiger partial charge in [-0.3, -0.25) is 0 Å². The van der Waals surface area contributed by atoms with Gasteiger partial charge in [0, 0.05) is 24.5 Å². The van der Waals surface area contributed by atoms with Crippen molar-refractivity contribution in [3.8, 4) is 17.4 Å². The normalized spacial score (nSPS) is 12.9. The van der Waals surface area contributed by atoms with E-state index < -0.39 is 6.03 Å². The molecule has 4 aromatic rings. The minimum atomic E-state index is -0.608. The van der Waals surface area contributed by atoms with Gasteiger partial charge in [0.05, 0.1) is 42.3 Å². The Bertz CT molecular complexity index is 1510. The third kappa shape index (κ3) is 7.10. The van der Waals surface area contributed by atoms with Gasteiger partial charge in [-0.2, -0.15) is 4.98 Å². The summed E-state index contributed by atoms with van der Waals surface area (Å²) in [7, 11) is 1.55. The van der Waals surface area contributed by atoms with Gasteiger partial charge in [-0.15, -0.1) is 0 Å². The molecule has 3 N–H and O–H groups in total. The van der Waals surface area contributed by atoms with Crippen LogP contribution in [-0.4, -0.2) is 49.4 Å². The van der Waals surface area contributed by atoms with Crippen LogP contribution < -0.4 is 30.3 Å². The number of carbonyl (C=O) groups excluding carboxylic acids is 1. The number of amides is 2. The first-order valence-corrected chi connectivity index (χ1v) is 13.6. The summed E-state index contributed by atoms with van der Waals surface area (Å²) in [6, 6.07) is 17.8. The van der Waals surface area contributed by atoms with Gasteiger partial charge in [-0.1, -0.05) is 35.3 Å². The lowest BCUT2D eigenvalue weighted by atomic mass is 10.2. The number of morpholine rings is 1. The molecule has 2 heterocycles. The summed E-state index contributed by atoms with van der Waals surface area (Å²) in [6.45, 7) is 5.08. The molecule has 3 aromatic carbocycles. The van der Waals surface area contributed by atoms with Crippen LogP contribution >= 0.6 is 23.2 Å². The monoisotopic (exact) mass is 594 g/mol. The molecule has 41 heavy (non-hydrogen) atoms. The quantitative estimate of drug-likeness (QED) is 0.198. The molecule has 12 heteroatoms. The molecule has 1 aliphatic rings. The number of anilines is 5. The number of aryl methyl sites for hydroxylation is 1. The number of aromatic nitrogens is 2. The van der Waals surface area contributed by atoms with Crippen LogP contribution in [0, 0.1) is 6.92 Å². The second-order valence-corrected chi connectivity index (χ2v) is 9.93. The third-order valence-electron chi connectivity index (χ3n) is 6.23. The predicted molar refractivity (Wildman–Crippen MR) is 162 cm³/mol. The fraction of sp³-hybridized carbons (Fsp3) is 0.207. The molecule has 2 amide bonds. The molecule has 1 saturated heterocycles. The van der Waals surface area contributed by atoms with Gasteiger partial charge < -0.3 is 35.1 Å². The van der Waals surface area contributed by atoms with E-state index >= 15 is 0 Å². The number of nitrogens with one attached hydrogen (secondary N) is 3. The van der Waals surface area contributed by atoms with Crippen molar-refractivity contribution in [1.29, 1.82) is 0 Å². The maximum absolute atomic E-state index is 12.9. The number of rotatable bonds is 8. The van der Waals surface area contributed by atoms with Gasteiger partial charge in [-0.25, -0.2) is 9.78 Å². The van der Waals surface area contributed by atoms with Crippen molar-refractivity contribution in [1.82, 2.24) is 9.97 Å². The zero-order chi connectivity index (χ0) is 28.8. The van der Waals surface area contributed by atoms with Crippen LogP contribution in [0.5, 0.6) is 17.4 Å². The maximum Gasteiger partial charge on any atom is 0.323 e. The van der Waals surface area contributed by atoms with Crippen molar-refractivity contribution in [2.45, 2.75) is 6.92 Å². The van der Waals surface area contributed by atoms with Crippen LogP contribution in [0.2, 0.25) is 10.0 Å². The molecule has 0 unspecified atom stereocenters. The van der Waals surface area contributed by atoms with Crippen LogP contribution in [0.3, 0.4) is 0 Å². The summed E-state index contributed by atoms with van der Waals surface area (Å²) < 4.78 is 17.1. The first kappa shape index (κ1) is 28.3. The van der Waals surface area contributed by atoms with E-state index in [0.717, 1.165) is 30.0 Å². The zero-order valence-electron chi connectivity index (χ0n) is 22.4. The highest BCUT2D eigenvalue weighted by Crippen LogP contribution is 2.36. The average Bonchev–Trinajstić information content (AvgIpc) is 2.98. The molecule has 5 rings (SSSR count). The maximum atomic E-state index is 12.9. The van der Waals surface area contributed by atoms with Crippen LogP contribution in [-0.2, 0) is 4.74 Å². The summed E-state index contributed by atoms with van der Waals surface area (Å²) in [5.74, 6) is 1.28. The Morgan fingerprint density at radius 1 is 0.976 bits per heavy atom. The van der Waals surface area contributed by atoms with Crippen molar-refractivity contribution < 1.29 is 19.0 Å². The highest BCUT2D eigenvalue weighted by Gasteiger charge is 2.17. The lowest BCUT2D eigenvalue weighted by Crippen LogP contribution is -2.36. The molecule has 212 valence electrons. The van der Waals surface area contributed by atoms with Gasteiger partial charge in [0.1, 0.15) is 5.69 Å². The fourth-order valence-electron chi connectivity index (χ4n) is 4.14. The van der Waals surface area contributed by atoms with Crippen molar-refractivity contribution in [3.63, 3.8) is 0 Å². The molecule has 1 fully saturated rings. The van der Waals surface area contributed by atoms with Crippen LogP contribution in [0.15, 0.2) is 66.9 Å². The Balaban J connectivity index is 1.39. The molecular weight excluding hydrogens is 567 g/mol. The number of para-hydroxylation sites is 1. The first-order chi connectivity index (χ1) is 19.9. The van der Waals surface area contributed by atoms with Crippen LogP contribution in [0.1, 0.15) is 5.56 Å². The minimum Gasteiger partial charge on any atom is -0.493 e. The van der Waals surface area contributed by atoms with Gasteiger partial charge in [0.2, 0.25) is 11.8 Å². The molecule has 0 aliphatic carbocycles. The summed E-state index contributed by atoms with van der Waals surface area (Å²) in [5.41, 5.74) is 3.37. The second kappa shape index (κ2) is 12.9. The fourth-order valence-corrected chi connectivity index (χ4v) is 4.64. The standard InChI is InChI=1S/C29H28Cl2N6O4/c1-18-6-11-24(25(16-18)39-2)41-27-23(34-29(38)35-26-21(30)4-3-5-22(26)31)17-32-28(36-27)33-19-7-9-20(10-8-19)37-12-14-40-15-13-37/h3-11,16-17H,12-15H2,1-2H3,(H,32,33,36)(H2,34,35,38). The predicted octanol–water partition coefficient (Wildman–Crippen LogP) is 7.12. The number of benzene rings is 3. The summed E-state index contributed by atoms with van der Waals surface area (Å²) in [5, 5.41) is 9.16. The Labute approximate surface area is 247 Å². The molecule has 10 nitrogen and oxygen atoms in total. The highest BCUT2D eigenvalue weighted by atomic mass is 35.5. The SMILES string of the molecule is COc1cc(C)ccc1Oc1nc(Nc2ccc(N3CCOCC3)cc2)ncc1NC(=O)Nc1c(Cl)cccc1Cl. The summed E-state index contributed by atoms with van der Waals surface area (Å²) in [4.78, 5) is 24.1. The number of urea groups is 1. The third-order valence-corrected chi connectivity index (χ3v) is 6.86. The molecular formula is C29H28Cl2N6O4. The molecule has 1 aromatic heterocycles. The second-order valence-electron chi connectivity index (χ2n) is 9.12. The first-order valence-electron chi connectivity index (χ1n) is 12.8. The van der Waals surface area contributed by atoms with E-state index in [1.165, 1.54) is 6.20 Å². The van der Waals surface area contributed by atoms with Crippen molar-refractivity contribution in [2.24, 2.45) is 0 Å². The Morgan fingerprint density at radius 2 is 1.71 bits per heavy atom. The molecule has 0 radical (unpaired) electrons. The number of halogens is 2.